The molecule has 0 aromatic carbocycles. The van der Waals surface area contributed by atoms with E-state index in [1.807, 2.05) is 6.92 Å². The fourth-order valence-electron chi connectivity index (χ4n) is 0.836. The number of rotatable bonds is 3. The number of amides is 2. The Morgan fingerprint density at radius 2 is 1.86 bits per heavy atom. The summed E-state index contributed by atoms with van der Waals surface area (Å²) in [5.74, 6) is -0.989. The molecule has 1 saturated heterocycles. The van der Waals surface area contributed by atoms with Gasteiger partial charge in [-0.15, -0.1) is 0 Å². The number of imide groups is 1. The van der Waals surface area contributed by atoms with Crippen LogP contribution in [-0.2, 0) is 14.4 Å². The standard InChI is InChI=1S/C5H10O2.C4H5NO2/c1-2-3-4-5(6)7;6-3-1-2-4(7)5-3/h2-4H2,1H3,(H,6,7);1-2H2,(H,5,6,7). The molecule has 1 rings (SSSR count). The molecule has 0 aromatic rings. The zero-order valence-corrected chi connectivity index (χ0v) is 8.21. The van der Waals surface area contributed by atoms with Crippen LogP contribution in [0.2, 0.25) is 0 Å². The monoisotopic (exact) mass is 201 g/mol. The van der Waals surface area contributed by atoms with Crippen molar-refractivity contribution in [2.45, 2.75) is 39.0 Å². The average molecular weight is 201 g/mol. The van der Waals surface area contributed by atoms with E-state index < -0.39 is 5.97 Å². The zero-order valence-electron chi connectivity index (χ0n) is 8.21. The van der Waals surface area contributed by atoms with Crippen LogP contribution in [0.1, 0.15) is 39.0 Å². The molecular formula is C9H15NO4. The van der Waals surface area contributed by atoms with Crippen LogP contribution < -0.4 is 5.32 Å². The predicted octanol–water partition coefficient (Wildman–Crippen LogP) is 0.684. The van der Waals surface area contributed by atoms with Gasteiger partial charge < -0.3 is 5.11 Å². The summed E-state index contributed by atoms with van der Waals surface area (Å²) in [5, 5.41) is 10.2. The summed E-state index contributed by atoms with van der Waals surface area (Å²) >= 11 is 0. The van der Waals surface area contributed by atoms with Crippen LogP contribution in [0.5, 0.6) is 0 Å². The van der Waals surface area contributed by atoms with Crippen LogP contribution in [0.25, 0.3) is 0 Å². The maximum absolute atomic E-state index is 10.1. The molecule has 0 aromatic heterocycles. The second kappa shape index (κ2) is 7.06. The molecule has 5 nitrogen and oxygen atoms in total. The molecule has 0 radical (unpaired) electrons. The molecule has 80 valence electrons. The van der Waals surface area contributed by atoms with E-state index in [0.717, 1.165) is 12.8 Å². The summed E-state index contributed by atoms with van der Waals surface area (Å²) in [5.41, 5.74) is 0. The van der Waals surface area contributed by atoms with Crippen molar-refractivity contribution in [3.8, 4) is 0 Å². The Bertz CT molecular complexity index is 211. The molecule has 2 N–H and O–H groups in total. The lowest BCUT2D eigenvalue weighted by Crippen LogP contribution is -2.18. The van der Waals surface area contributed by atoms with Crippen molar-refractivity contribution in [3.63, 3.8) is 0 Å². The summed E-state index contributed by atoms with van der Waals surface area (Å²) in [6.07, 6.45) is 2.83. The number of aliphatic carboxylic acids is 1. The highest BCUT2D eigenvalue weighted by atomic mass is 16.4. The Kier molecular flexibility index (Phi) is 6.36. The van der Waals surface area contributed by atoms with Gasteiger partial charge in [0.15, 0.2) is 0 Å². The molecule has 0 saturated carbocycles. The highest BCUT2D eigenvalue weighted by Crippen LogP contribution is 1.95. The van der Waals surface area contributed by atoms with Gasteiger partial charge >= 0.3 is 5.97 Å². The molecule has 1 aliphatic heterocycles. The third-order valence-corrected chi connectivity index (χ3v) is 1.60. The maximum Gasteiger partial charge on any atom is 0.303 e. The zero-order chi connectivity index (χ0) is 11.0. The average Bonchev–Trinajstić information content (AvgIpc) is 2.47. The van der Waals surface area contributed by atoms with E-state index in [2.05, 4.69) is 5.32 Å². The number of hydrogen-bond donors (Lipinski definition) is 2. The lowest BCUT2D eigenvalue weighted by Gasteiger charge is -1.85. The van der Waals surface area contributed by atoms with Crippen LogP contribution in [0.3, 0.4) is 0 Å². The Morgan fingerprint density at radius 1 is 1.36 bits per heavy atom. The molecule has 0 unspecified atom stereocenters. The van der Waals surface area contributed by atoms with Gasteiger partial charge in [-0.2, -0.15) is 0 Å². The first-order valence-electron chi connectivity index (χ1n) is 4.60. The first-order valence-corrected chi connectivity index (χ1v) is 4.60. The summed E-state index contributed by atoms with van der Waals surface area (Å²) in [4.78, 5) is 30.0. The molecule has 2 amide bonds. The topological polar surface area (TPSA) is 83.5 Å². The number of carboxylic acids is 1. The molecule has 0 bridgehead atoms. The fraction of sp³-hybridized carbons (Fsp3) is 0.667. The second-order valence-corrected chi connectivity index (χ2v) is 2.97. The molecule has 5 heteroatoms. The smallest absolute Gasteiger partial charge is 0.303 e. The number of carbonyl (C=O) groups excluding carboxylic acids is 2. The maximum atomic E-state index is 10.1. The third-order valence-electron chi connectivity index (χ3n) is 1.60. The fourth-order valence-corrected chi connectivity index (χ4v) is 0.836. The number of unbranched alkanes of at least 4 members (excludes halogenated alkanes) is 1. The van der Waals surface area contributed by atoms with E-state index in [1.165, 1.54) is 0 Å². The minimum absolute atomic E-state index is 0.148. The molecule has 1 aliphatic rings. The van der Waals surface area contributed by atoms with Crippen LogP contribution in [0.4, 0.5) is 0 Å². The Balaban J connectivity index is 0.000000241. The van der Waals surface area contributed by atoms with E-state index in [9.17, 15) is 14.4 Å². The molecule has 0 atom stereocenters. The second-order valence-electron chi connectivity index (χ2n) is 2.97. The molecule has 1 fully saturated rings. The van der Waals surface area contributed by atoms with Gasteiger partial charge in [0.25, 0.3) is 0 Å². The van der Waals surface area contributed by atoms with Crippen molar-refractivity contribution in [3.05, 3.63) is 0 Å². The van der Waals surface area contributed by atoms with Crippen LogP contribution in [0.15, 0.2) is 0 Å². The number of carboxylic acid groups (broad SMARTS) is 1. The number of nitrogens with one attached hydrogen (secondary N) is 1. The van der Waals surface area contributed by atoms with Gasteiger partial charge in [-0.3, -0.25) is 19.7 Å². The van der Waals surface area contributed by atoms with Gasteiger partial charge in [0, 0.05) is 19.3 Å². The van der Waals surface area contributed by atoms with Gasteiger partial charge in [-0.05, 0) is 6.42 Å². The molecular weight excluding hydrogens is 186 g/mol. The van der Waals surface area contributed by atoms with Gasteiger partial charge in [0.05, 0.1) is 0 Å². The van der Waals surface area contributed by atoms with E-state index in [-0.39, 0.29) is 11.8 Å². The van der Waals surface area contributed by atoms with E-state index in [0.29, 0.717) is 19.3 Å². The molecule has 1 heterocycles. The van der Waals surface area contributed by atoms with Crippen LogP contribution in [0, 0.1) is 0 Å². The van der Waals surface area contributed by atoms with Crippen LogP contribution >= 0.6 is 0 Å². The molecule has 0 spiro atoms. The largest absolute Gasteiger partial charge is 0.481 e. The van der Waals surface area contributed by atoms with Crippen molar-refractivity contribution in [2.75, 3.05) is 0 Å². The number of hydrogen-bond acceptors (Lipinski definition) is 3. The van der Waals surface area contributed by atoms with Crippen molar-refractivity contribution in [1.29, 1.82) is 0 Å². The van der Waals surface area contributed by atoms with E-state index in [4.69, 9.17) is 5.11 Å². The van der Waals surface area contributed by atoms with Gasteiger partial charge in [-0.25, -0.2) is 0 Å². The first-order chi connectivity index (χ1) is 6.56. The van der Waals surface area contributed by atoms with E-state index >= 15 is 0 Å². The lowest BCUT2D eigenvalue weighted by molar-refractivity contribution is -0.137. The normalized spacial score (nSPS) is 14.4. The Morgan fingerprint density at radius 3 is 2.00 bits per heavy atom. The minimum atomic E-state index is -0.693. The third kappa shape index (κ3) is 7.27. The minimum Gasteiger partial charge on any atom is -0.481 e. The molecule has 14 heavy (non-hydrogen) atoms. The quantitative estimate of drug-likeness (QED) is 0.658. The van der Waals surface area contributed by atoms with Crippen molar-refractivity contribution >= 4 is 17.8 Å². The van der Waals surface area contributed by atoms with E-state index in [1.54, 1.807) is 0 Å². The van der Waals surface area contributed by atoms with Crippen molar-refractivity contribution in [1.82, 2.24) is 5.32 Å². The van der Waals surface area contributed by atoms with Gasteiger partial charge in [0.2, 0.25) is 11.8 Å². The Labute approximate surface area is 82.5 Å². The highest BCUT2D eigenvalue weighted by Gasteiger charge is 2.15. The Hall–Kier alpha value is -1.39. The van der Waals surface area contributed by atoms with Crippen molar-refractivity contribution < 1.29 is 19.5 Å². The molecule has 0 aliphatic carbocycles. The summed E-state index contributed by atoms with van der Waals surface area (Å²) in [6, 6.07) is 0. The van der Waals surface area contributed by atoms with Gasteiger partial charge in [0.1, 0.15) is 0 Å². The SMILES string of the molecule is CCCCC(=O)O.O=C1CCC(=O)N1. The first kappa shape index (κ1) is 12.6. The summed E-state index contributed by atoms with van der Waals surface area (Å²) < 4.78 is 0. The summed E-state index contributed by atoms with van der Waals surface area (Å²) in [6.45, 7) is 1.98. The van der Waals surface area contributed by atoms with Crippen LogP contribution in [-0.4, -0.2) is 22.9 Å². The lowest BCUT2D eigenvalue weighted by atomic mass is 10.3. The summed E-state index contributed by atoms with van der Waals surface area (Å²) in [7, 11) is 0. The van der Waals surface area contributed by atoms with Gasteiger partial charge in [-0.1, -0.05) is 13.3 Å². The number of carbonyl (C=O) groups is 3. The highest BCUT2D eigenvalue weighted by molar-refractivity contribution is 6.01. The predicted molar refractivity (Wildman–Crippen MR) is 49.5 cm³/mol. The van der Waals surface area contributed by atoms with Crippen molar-refractivity contribution in [2.24, 2.45) is 0 Å².